The fourth-order valence-corrected chi connectivity index (χ4v) is 7.37. The molecule has 2 saturated carbocycles. The summed E-state index contributed by atoms with van der Waals surface area (Å²) in [5.74, 6) is 0.132. The average molecular weight is 425 g/mol. The van der Waals surface area contributed by atoms with Crippen LogP contribution < -0.4 is 0 Å². The minimum Gasteiger partial charge on any atom is -0.467 e. The van der Waals surface area contributed by atoms with Crippen LogP contribution in [0.15, 0.2) is 0 Å². The lowest BCUT2D eigenvalue weighted by atomic mass is 9.44. The van der Waals surface area contributed by atoms with E-state index < -0.39 is 28.9 Å². The molecule has 1 heterocycles. The van der Waals surface area contributed by atoms with Gasteiger partial charge >= 0.3 is 5.97 Å². The molecule has 30 heavy (non-hydrogen) atoms. The van der Waals surface area contributed by atoms with Gasteiger partial charge in [0.05, 0.1) is 24.4 Å². The molecule has 0 radical (unpaired) electrons. The molecule has 3 aliphatic rings. The number of methoxy groups -OCH3 is 1. The molecular formula is C25H44O5. The quantitative estimate of drug-likeness (QED) is 0.630. The Labute approximate surface area is 182 Å². The first-order chi connectivity index (χ1) is 13.7. The van der Waals surface area contributed by atoms with Crippen molar-refractivity contribution in [1.29, 1.82) is 0 Å². The van der Waals surface area contributed by atoms with Crippen molar-refractivity contribution in [3.8, 4) is 0 Å². The van der Waals surface area contributed by atoms with Crippen molar-refractivity contribution in [2.45, 2.75) is 122 Å². The Kier molecular flexibility index (Phi) is 6.19. The third-order valence-corrected chi connectivity index (χ3v) is 9.54. The molecule has 174 valence electrons. The smallest absolute Gasteiger partial charge is 0.340 e. The SMILES string of the molecule is COC(=O)[C@](C)(O)[C@@H]1CC[C@@](C)(CC[C@@]2(O)[C@H](C)CCC3C(C)(C)CCC[C@@]32C)O1. The molecule has 2 aliphatic carbocycles. The van der Waals surface area contributed by atoms with E-state index in [2.05, 4.69) is 34.6 Å². The van der Waals surface area contributed by atoms with E-state index in [4.69, 9.17) is 9.47 Å². The summed E-state index contributed by atoms with van der Waals surface area (Å²) < 4.78 is 11.0. The lowest BCUT2D eigenvalue weighted by Gasteiger charge is -2.63. The van der Waals surface area contributed by atoms with Crippen LogP contribution in [-0.2, 0) is 14.3 Å². The molecule has 2 N–H and O–H groups in total. The maximum Gasteiger partial charge on any atom is 0.340 e. The highest BCUT2D eigenvalue weighted by molar-refractivity contribution is 5.79. The Balaban J connectivity index is 1.76. The first-order valence-corrected chi connectivity index (χ1v) is 11.9. The Morgan fingerprint density at radius 1 is 1.10 bits per heavy atom. The largest absolute Gasteiger partial charge is 0.467 e. The first kappa shape index (κ1) is 24.0. The van der Waals surface area contributed by atoms with Gasteiger partial charge in [0.2, 0.25) is 0 Å². The highest BCUT2D eigenvalue weighted by atomic mass is 16.6. The zero-order chi connectivity index (χ0) is 22.6. The molecule has 0 aromatic carbocycles. The zero-order valence-electron chi connectivity index (χ0n) is 20.2. The summed E-state index contributed by atoms with van der Waals surface area (Å²) in [6.45, 7) is 12.8. The van der Waals surface area contributed by atoms with Crippen LogP contribution in [0.25, 0.3) is 0 Å². The van der Waals surface area contributed by atoms with Gasteiger partial charge in [0.25, 0.3) is 0 Å². The van der Waals surface area contributed by atoms with Crippen molar-refractivity contribution < 1.29 is 24.5 Å². The van der Waals surface area contributed by atoms with Crippen LogP contribution in [0, 0.1) is 22.7 Å². The number of esters is 1. The van der Waals surface area contributed by atoms with Gasteiger partial charge in [-0.05, 0) is 87.9 Å². The summed E-state index contributed by atoms with van der Waals surface area (Å²) in [4.78, 5) is 12.0. The number of fused-ring (bicyclic) bond motifs is 1. The second kappa shape index (κ2) is 7.74. The van der Waals surface area contributed by atoms with Crippen LogP contribution in [0.5, 0.6) is 0 Å². The molecule has 0 aromatic heterocycles. The van der Waals surface area contributed by atoms with Crippen LogP contribution in [-0.4, -0.2) is 46.2 Å². The molecule has 7 atom stereocenters. The van der Waals surface area contributed by atoms with Crippen molar-refractivity contribution in [1.82, 2.24) is 0 Å². The van der Waals surface area contributed by atoms with Crippen LogP contribution in [0.3, 0.4) is 0 Å². The van der Waals surface area contributed by atoms with E-state index >= 15 is 0 Å². The molecule has 5 nitrogen and oxygen atoms in total. The monoisotopic (exact) mass is 424 g/mol. The average Bonchev–Trinajstić information content (AvgIpc) is 3.06. The molecule has 0 bridgehead atoms. The van der Waals surface area contributed by atoms with Gasteiger partial charge in [-0.2, -0.15) is 0 Å². The third-order valence-electron chi connectivity index (χ3n) is 9.54. The van der Waals surface area contributed by atoms with E-state index in [1.807, 2.05) is 0 Å². The Bertz CT molecular complexity index is 658. The summed E-state index contributed by atoms with van der Waals surface area (Å²) in [5, 5.41) is 22.8. The number of carbonyl (C=O) groups is 1. The number of carbonyl (C=O) groups excluding carboxylic acids is 1. The van der Waals surface area contributed by atoms with Gasteiger partial charge in [0, 0.05) is 0 Å². The lowest BCUT2D eigenvalue weighted by molar-refractivity contribution is -0.219. The number of hydrogen-bond acceptors (Lipinski definition) is 5. The Hall–Kier alpha value is -0.650. The highest BCUT2D eigenvalue weighted by Crippen LogP contribution is 2.64. The minimum atomic E-state index is -1.65. The molecule has 3 rings (SSSR count). The number of ether oxygens (including phenoxy) is 2. The molecule has 0 spiro atoms. The predicted octanol–water partition coefficient (Wildman–Crippen LogP) is 4.62. The fraction of sp³-hybridized carbons (Fsp3) is 0.960. The van der Waals surface area contributed by atoms with Crippen molar-refractivity contribution in [2.24, 2.45) is 22.7 Å². The summed E-state index contributed by atoms with van der Waals surface area (Å²) in [7, 11) is 1.29. The van der Waals surface area contributed by atoms with E-state index in [-0.39, 0.29) is 16.7 Å². The maximum atomic E-state index is 12.2. The van der Waals surface area contributed by atoms with Gasteiger partial charge in [0.1, 0.15) is 0 Å². The molecule has 1 unspecified atom stereocenters. The van der Waals surface area contributed by atoms with Crippen LogP contribution in [0.4, 0.5) is 0 Å². The molecule has 0 aromatic rings. The Morgan fingerprint density at radius 2 is 1.77 bits per heavy atom. The van der Waals surface area contributed by atoms with Gasteiger partial charge < -0.3 is 19.7 Å². The van der Waals surface area contributed by atoms with Crippen molar-refractivity contribution in [3.05, 3.63) is 0 Å². The summed E-state index contributed by atoms with van der Waals surface area (Å²) in [6.07, 6.45) is 7.98. The summed E-state index contributed by atoms with van der Waals surface area (Å²) >= 11 is 0. The van der Waals surface area contributed by atoms with E-state index in [1.165, 1.54) is 33.3 Å². The molecule has 1 saturated heterocycles. The first-order valence-electron chi connectivity index (χ1n) is 11.9. The summed E-state index contributed by atoms with van der Waals surface area (Å²) in [6, 6.07) is 0. The van der Waals surface area contributed by atoms with Crippen LogP contribution in [0.1, 0.15) is 99.3 Å². The van der Waals surface area contributed by atoms with Gasteiger partial charge in [-0.1, -0.05) is 34.1 Å². The highest BCUT2D eigenvalue weighted by Gasteiger charge is 2.61. The number of hydrogen-bond donors (Lipinski definition) is 2. The van der Waals surface area contributed by atoms with E-state index in [0.717, 1.165) is 25.7 Å². The van der Waals surface area contributed by atoms with Gasteiger partial charge in [-0.25, -0.2) is 4.79 Å². The van der Waals surface area contributed by atoms with Gasteiger partial charge in [-0.3, -0.25) is 0 Å². The van der Waals surface area contributed by atoms with E-state index in [1.54, 1.807) is 0 Å². The second-order valence-corrected chi connectivity index (χ2v) is 11.9. The molecular weight excluding hydrogens is 380 g/mol. The minimum absolute atomic E-state index is 0.0850. The van der Waals surface area contributed by atoms with Crippen LogP contribution >= 0.6 is 0 Å². The predicted molar refractivity (Wildman–Crippen MR) is 117 cm³/mol. The normalized spacial score (nSPS) is 45.4. The maximum absolute atomic E-state index is 12.2. The van der Waals surface area contributed by atoms with E-state index in [9.17, 15) is 15.0 Å². The molecule has 1 aliphatic heterocycles. The number of aliphatic hydroxyl groups is 2. The molecule has 0 amide bonds. The summed E-state index contributed by atoms with van der Waals surface area (Å²) in [5.41, 5.74) is -2.64. The topological polar surface area (TPSA) is 76.0 Å². The van der Waals surface area contributed by atoms with Crippen molar-refractivity contribution >= 4 is 5.97 Å². The second-order valence-electron chi connectivity index (χ2n) is 11.9. The standard InChI is InChI=1S/C25H44O5/c1-17-9-10-18-21(2,3)12-8-13-23(18,5)25(17,28)16-15-22(4)14-11-19(30-22)24(6,27)20(26)29-7/h17-19,27-28H,8-16H2,1-7H3/t17-,18?,19+,22+,23+,24-,25-/m1/s1. The fourth-order valence-electron chi connectivity index (χ4n) is 7.37. The third kappa shape index (κ3) is 3.73. The number of rotatable bonds is 5. The molecule has 5 heteroatoms. The Morgan fingerprint density at radius 3 is 2.40 bits per heavy atom. The van der Waals surface area contributed by atoms with Crippen molar-refractivity contribution in [3.63, 3.8) is 0 Å². The van der Waals surface area contributed by atoms with Gasteiger partial charge in [0.15, 0.2) is 5.60 Å². The lowest BCUT2D eigenvalue weighted by Crippen LogP contribution is -2.62. The van der Waals surface area contributed by atoms with Crippen molar-refractivity contribution in [2.75, 3.05) is 7.11 Å². The van der Waals surface area contributed by atoms with Gasteiger partial charge in [-0.15, -0.1) is 0 Å². The van der Waals surface area contributed by atoms with Crippen LogP contribution in [0.2, 0.25) is 0 Å². The zero-order valence-corrected chi connectivity index (χ0v) is 20.2. The van der Waals surface area contributed by atoms with E-state index in [0.29, 0.717) is 18.8 Å². The molecule has 3 fully saturated rings.